The maximum atomic E-state index is 6.29. The van der Waals surface area contributed by atoms with E-state index in [4.69, 9.17) is 10.6 Å². The van der Waals surface area contributed by atoms with E-state index in [1.807, 2.05) is 0 Å². The number of aryl methyl sites for hydroxylation is 1. The fraction of sp³-hybridized carbons (Fsp3) is 0.600. The molecule has 0 amide bonds. The number of nitrogens with zero attached hydrogens (tertiary/aromatic N) is 2. The molecular weight excluding hydrogens is 284 g/mol. The van der Waals surface area contributed by atoms with E-state index in [2.05, 4.69) is 35.3 Å². The molecule has 3 N–H and O–H groups in total. The molecule has 1 aliphatic rings. The zero-order valence-electron chi connectivity index (χ0n) is 12.6. The Bertz CT molecular complexity index is 627. The highest BCUT2D eigenvalue weighted by molar-refractivity contribution is 7.18. The smallest absolute Gasteiger partial charge is 0.241 e. The van der Waals surface area contributed by atoms with E-state index in [9.17, 15) is 0 Å². The molecule has 21 heavy (non-hydrogen) atoms. The van der Waals surface area contributed by atoms with Crippen molar-refractivity contribution in [2.24, 2.45) is 11.8 Å². The minimum atomic E-state index is 0.257. The SMILES string of the molecule is CCC1CCCCC1Oc1nc(NN)nc2sc(C)cc12. The van der Waals surface area contributed by atoms with Crippen LogP contribution in [0.1, 0.15) is 43.9 Å². The predicted molar refractivity (Wildman–Crippen MR) is 86.6 cm³/mol. The molecule has 0 spiro atoms. The van der Waals surface area contributed by atoms with Gasteiger partial charge in [-0.3, -0.25) is 5.43 Å². The molecule has 0 aromatic carbocycles. The van der Waals surface area contributed by atoms with E-state index < -0.39 is 0 Å². The molecule has 5 nitrogen and oxygen atoms in total. The molecule has 6 heteroatoms. The summed E-state index contributed by atoms with van der Waals surface area (Å²) in [5, 5.41) is 0.997. The predicted octanol–water partition coefficient (Wildman–Crippen LogP) is 3.63. The van der Waals surface area contributed by atoms with Crippen molar-refractivity contribution in [1.29, 1.82) is 0 Å². The molecule has 1 saturated carbocycles. The third-order valence-corrected chi connectivity index (χ3v) is 5.18. The van der Waals surface area contributed by atoms with Gasteiger partial charge in [-0.1, -0.05) is 13.3 Å². The molecule has 2 aromatic rings. The van der Waals surface area contributed by atoms with Gasteiger partial charge in [0.1, 0.15) is 10.9 Å². The van der Waals surface area contributed by atoms with Gasteiger partial charge in [-0.05, 0) is 44.6 Å². The molecule has 2 unspecified atom stereocenters. The van der Waals surface area contributed by atoms with Crippen LogP contribution in [0, 0.1) is 12.8 Å². The van der Waals surface area contributed by atoms with Gasteiger partial charge in [0.05, 0.1) is 5.39 Å². The molecule has 2 heterocycles. The number of fused-ring (bicyclic) bond motifs is 1. The highest BCUT2D eigenvalue weighted by Crippen LogP contribution is 2.35. The summed E-state index contributed by atoms with van der Waals surface area (Å²) in [6, 6.07) is 2.10. The van der Waals surface area contributed by atoms with Crippen molar-refractivity contribution >= 4 is 27.5 Å². The summed E-state index contributed by atoms with van der Waals surface area (Å²) in [5.74, 6) is 7.19. The summed E-state index contributed by atoms with van der Waals surface area (Å²) in [7, 11) is 0. The quantitative estimate of drug-likeness (QED) is 0.666. The number of nitrogens with two attached hydrogens (primary N) is 1. The largest absolute Gasteiger partial charge is 0.473 e. The summed E-state index contributed by atoms with van der Waals surface area (Å²) in [6.45, 7) is 4.31. The molecule has 2 atom stereocenters. The number of rotatable bonds is 4. The number of anilines is 1. The molecule has 0 aliphatic heterocycles. The minimum absolute atomic E-state index is 0.257. The van der Waals surface area contributed by atoms with Gasteiger partial charge in [-0.15, -0.1) is 11.3 Å². The Kier molecular flexibility index (Phi) is 4.26. The van der Waals surface area contributed by atoms with Crippen molar-refractivity contribution in [3.8, 4) is 5.88 Å². The van der Waals surface area contributed by atoms with Gasteiger partial charge in [0.25, 0.3) is 0 Å². The summed E-state index contributed by atoms with van der Waals surface area (Å²) in [6.07, 6.45) is 6.32. The fourth-order valence-electron chi connectivity index (χ4n) is 3.11. The van der Waals surface area contributed by atoms with Gasteiger partial charge in [0.15, 0.2) is 0 Å². The molecule has 114 valence electrons. The lowest BCUT2D eigenvalue weighted by atomic mass is 9.85. The first-order valence-electron chi connectivity index (χ1n) is 7.62. The maximum absolute atomic E-state index is 6.29. The maximum Gasteiger partial charge on any atom is 0.241 e. The zero-order valence-corrected chi connectivity index (χ0v) is 13.4. The number of hydrogen-bond donors (Lipinski definition) is 2. The first kappa shape index (κ1) is 14.5. The molecular formula is C15H22N4OS. The van der Waals surface area contributed by atoms with Crippen LogP contribution < -0.4 is 16.0 Å². The van der Waals surface area contributed by atoms with Gasteiger partial charge in [-0.25, -0.2) is 10.8 Å². The Hall–Kier alpha value is -1.40. The molecule has 0 bridgehead atoms. The van der Waals surface area contributed by atoms with Crippen molar-refractivity contribution < 1.29 is 4.74 Å². The van der Waals surface area contributed by atoms with Crippen LogP contribution in [0.15, 0.2) is 6.07 Å². The molecule has 0 radical (unpaired) electrons. The molecule has 1 fully saturated rings. The average Bonchev–Trinajstić information content (AvgIpc) is 2.88. The first-order chi connectivity index (χ1) is 10.2. The number of hydrazine groups is 1. The van der Waals surface area contributed by atoms with E-state index in [0.717, 1.165) is 23.1 Å². The second-order valence-electron chi connectivity index (χ2n) is 5.68. The van der Waals surface area contributed by atoms with Crippen molar-refractivity contribution in [3.63, 3.8) is 0 Å². The van der Waals surface area contributed by atoms with Crippen LogP contribution in [0.5, 0.6) is 5.88 Å². The number of hydrogen-bond acceptors (Lipinski definition) is 6. The Morgan fingerprint density at radius 2 is 2.19 bits per heavy atom. The van der Waals surface area contributed by atoms with Crippen LogP contribution in [-0.2, 0) is 0 Å². The minimum Gasteiger partial charge on any atom is -0.473 e. The van der Waals surface area contributed by atoms with E-state index in [-0.39, 0.29) is 6.10 Å². The van der Waals surface area contributed by atoms with E-state index in [1.54, 1.807) is 11.3 Å². The highest BCUT2D eigenvalue weighted by Gasteiger charge is 2.26. The summed E-state index contributed by atoms with van der Waals surface area (Å²) in [4.78, 5) is 11.0. The number of thiophene rings is 1. The third-order valence-electron chi connectivity index (χ3n) is 4.24. The molecule has 1 aliphatic carbocycles. The van der Waals surface area contributed by atoms with Gasteiger partial charge in [0.2, 0.25) is 11.8 Å². The average molecular weight is 306 g/mol. The Balaban J connectivity index is 1.94. The lowest BCUT2D eigenvalue weighted by Crippen LogP contribution is -2.30. The van der Waals surface area contributed by atoms with Crippen LogP contribution in [0.4, 0.5) is 5.95 Å². The zero-order chi connectivity index (χ0) is 14.8. The van der Waals surface area contributed by atoms with E-state index in [1.165, 1.54) is 24.1 Å². The fourth-order valence-corrected chi connectivity index (χ4v) is 3.98. The summed E-state index contributed by atoms with van der Waals surface area (Å²) >= 11 is 1.64. The van der Waals surface area contributed by atoms with Crippen molar-refractivity contribution in [3.05, 3.63) is 10.9 Å². The first-order valence-corrected chi connectivity index (χ1v) is 8.44. The molecule has 2 aromatic heterocycles. The van der Waals surface area contributed by atoms with E-state index >= 15 is 0 Å². The Labute approximate surface area is 128 Å². The Morgan fingerprint density at radius 3 is 2.95 bits per heavy atom. The normalized spacial score (nSPS) is 22.4. The Morgan fingerprint density at radius 1 is 1.38 bits per heavy atom. The lowest BCUT2D eigenvalue weighted by Gasteiger charge is -2.30. The molecule has 3 rings (SSSR count). The van der Waals surface area contributed by atoms with Gasteiger partial charge >= 0.3 is 0 Å². The second-order valence-corrected chi connectivity index (χ2v) is 6.92. The van der Waals surface area contributed by atoms with Gasteiger partial charge < -0.3 is 4.74 Å². The van der Waals surface area contributed by atoms with Crippen LogP contribution >= 0.6 is 11.3 Å². The van der Waals surface area contributed by atoms with Gasteiger partial charge in [0, 0.05) is 4.88 Å². The van der Waals surface area contributed by atoms with Crippen LogP contribution in [-0.4, -0.2) is 16.1 Å². The monoisotopic (exact) mass is 306 g/mol. The third kappa shape index (κ3) is 2.96. The lowest BCUT2D eigenvalue weighted by molar-refractivity contribution is 0.0876. The van der Waals surface area contributed by atoms with Crippen LogP contribution in [0.3, 0.4) is 0 Å². The van der Waals surface area contributed by atoms with Crippen molar-refractivity contribution in [2.45, 2.75) is 52.1 Å². The second kappa shape index (κ2) is 6.15. The van der Waals surface area contributed by atoms with Crippen LogP contribution in [0.25, 0.3) is 10.2 Å². The number of nitrogen functional groups attached to an aromatic ring is 1. The summed E-state index contributed by atoms with van der Waals surface area (Å²) < 4.78 is 6.29. The van der Waals surface area contributed by atoms with E-state index in [0.29, 0.717) is 17.7 Å². The number of aromatic nitrogens is 2. The highest BCUT2D eigenvalue weighted by atomic mass is 32.1. The summed E-state index contributed by atoms with van der Waals surface area (Å²) in [5.41, 5.74) is 2.54. The topological polar surface area (TPSA) is 73.1 Å². The van der Waals surface area contributed by atoms with Crippen molar-refractivity contribution in [2.75, 3.05) is 5.43 Å². The molecule has 0 saturated heterocycles. The number of ether oxygens (including phenoxy) is 1. The van der Waals surface area contributed by atoms with Crippen molar-refractivity contribution in [1.82, 2.24) is 9.97 Å². The standard InChI is InChI=1S/C15H22N4OS/c1-3-10-6-4-5-7-12(10)20-13-11-8-9(2)21-14(11)18-15(17-13)19-16/h8,10,12H,3-7,16H2,1-2H3,(H,17,18,19). The van der Waals surface area contributed by atoms with Crippen LogP contribution in [0.2, 0.25) is 0 Å². The van der Waals surface area contributed by atoms with Gasteiger partial charge in [-0.2, -0.15) is 4.98 Å². The number of nitrogens with one attached hydrogen (secondary N) is 1.